The molecule has 0 saturated heterocycles. The van der Waals surface area contributed by atoms with Crippen LogP contribution in [-0.2, 0) is 10.8 Å². The highest BCUT2D eigenvalue weighted by Crippen LogP contribution is 2.59. The molecule has 2 heteroatoms. The molecule has 2 nitrogen and oxygen atoms in total. The average molecular weight is 891 g/mol. The standard InChI is InChI=1S/C68H46N2/c1-5-21-47(22-6-1)67(61-33-17-13-29-55(61)56-30-14-18-34-62(56)67)50-37-39-52(40-38-50)69(53-42-44-66-60(45-53)59-32-16-20-36-65(59)70(66)51-27-11-4-12-28-51)54-41-43-58-57-31-15-19-35-63(57)68(64(58)46-54,48-23-7-2-8-24-48)49-25-9-3-10-26-49/h1-46H. The molecule has 70 heavy (non-hydrogen) atoms. The summed E-state index contributed by atoms with van der Waals surface area (Å²) in [6.07, 6.45) is 0. The van der Waals surface area contributed by atoms with Crippen LogP contribution >= 0.6 is 0 Å². The van der Waals surface area contributed by atoms with E-state index in [1.807, 2.05) is 0 Å². The van der Waals surface area contributed by atoms with Crippen molar-refractivity contribution < 1.29 is 0 Å². The van der Waals surface area contributed by atoms with E-state index in [0.29, 0.717) is 0 Å². The van der Waals surface area contributed by atoms with Crippen LogP contribution in [0, 0.1) is 0 Å². The summed E-state index contributed by atoms with van der Waals surface area (Å²) in [4.78, 5) is 2.48. The number of anilines is 3. The maximum absolute atomic E-state index is 2.48. The molecule has 0 amide bonds. The number of fused-ring (bicyclic) bond motifs is 9. The van der Waals surface area contributed by atoms with Crippen LogP contribution in [0.25, 0.3) is 49.7 Å². The van der Waals surface area contributed by atoms with E-state index in [2.05, 4.69) is 289 Å². The molecular weight excluding hydrogens is 845 g/mol. The summed E-state index contributed by atoms with van der Waals surface area (Å²) in [5.74, 6) is 0. The summed E-state index contributed by atoms with van der Waals surface area (Å²) in [5.41, 5.74) is 21.0. The molecule has 0 fully saturated rings. The molecule has 0 bridgehead atoms. The molecule has 0 N–H and O–H groups in total. The smallest absolute Gasteiger partial charge is 0.0714 e. The predicted octanol–water partition coefficient (Wildman–Crippen LogP) is 17.0. The van der Waals surface area contributed by atoms with Gasteiger partial charge in [0, 0.05) is 33.5 Å². The minimum atomic E-state index is -0.543. The van der Waals surface area contributed by atoms with Crippen molar-refractivity contribution in [2.45, 2.75) is 10.8 Å². The lowest BCUT2D eigenvalue weighted by Gasteiger charge is -2.35. The number of benzene rings is 11. The first-order chi connectivity index (χ1) is 34.7. The van der Waals surface area contributed by atoms with Gasteiger partial charge in [0.2, 0.25) is 0 Å². The van der Waals surface area contributed by atoms with Crippen molar-refractivity contribution in [3.63, 3.8) is 0 Å². The van der Waals surface area contributed by atoms with Gasteiger partial charge in [0.1, 0.15) is 0 Å². The van der Waals surface area contributed by atoms with Gasteiger partial charge in [-0.2, -0.15) is 0 Å². The summed E-state index contributed by atoms with van der Waals surface area (Å²) in [5, 5.41) is 2.43. The predicted molar refractivity (Wildman–Crippen MR) is 290 cm³/mol. The lowest BCUT2D eigenvalue weighted by atomic mass is 9.67. The van der Waals surface area contributed by atoms with Gasteiger partial charge in [-0.3, -0.25) is 0 Å². The minimum absolute atomic E-state index is 0.500. The van der Waals surface area contributed by atoms with Crippen molar-refractivity contribution in [3.8, 4) is 27.9 Å². The molecule has 1 heterocycles. The molecule has 0 unspecified atom stereocenters. The molecule has 1 aromatic heterocycles. The fourth-order valence-corrected chi connectivity index (χ4v) is 12.5. The van der Waals surface area contributed by atoms with Gasteiger partial charge in [-0.05, 0) is 127 Å². The van der Waals surface area contributed by atoms with Crippen molar-refractivity contribution in [3.05, 3.63) is 324 Å². The lowest BCUT2D eigenvalue weighted by molar-refractivity contribution is 0.768. The molecule has 2 aliphatic carbocycles. The average Bonchev–Trinajstić information content (AvgIpc) is 4.05. The van der Waals surface area contributed by atoms with E-state index >= 15 is 0 Å². The molecule has 14 rings (SSSR count). The Labute approximate surface area is 408 Å². The van der Waals surface area contributed by atoms with Crippen molar-refractivity contribution in [2.24, 2.45) is 0 Å². The summed E-state index contributed by atoms with van der Waals surface area (Å²) in [6, 6.07) is 104. The molecule has 2 aliphatic rings. The minimum Gasteiger partial charge on any atom is -0.310 e. The number of aromatic nitrogens is 1. The summed E-state index contributed by atoms with van der Waals surface area (Å²) < 4.78 is 2.40. The first-order valence-electron chi connectivity index (χ1n) is 24.3. The highest BCUT2D eigenvalue weighted by molar-refractivity contribution is 6.11. The van der Waals surface area contributed by atoms with E-state index in [9.17, 15) is 0 Å². The highest BCUT2D eigenvalue weighted by Gasteiger charge is 2.47. The normalized spacial score (nSPS) is 13.7. The second-order valence-corrected chi connectivity index (χ2v) is 18.7. The zero-order valence-electron chi connectivity index (χ0n) is 38.5. The molecule has 0 atom stereocenters. The Morgan fingerprint density at radius 2 is 0.643 bits per heavy atom. The Bertz CT molecular complexity index is 3840. The highest BCUT2D eigenvalue weighted by atomic mass is 15.1. The molecule has 0 spiro atoms. The largest absolute Gasteiger partial charge is 0.310 e. The summed E-state index contributed by atoms with van der Waals surface area (Å²) in [7, 11) is 0. The summed E-state index contributed by atoms with van der Waals surface area (Å²) in [6.45, 7) is 0. The molecule has 11 aromatic carbocycles. The second kappa shape index (κ2) is 15.8. The van der Waals surface area contributed by atoms with Crippen molar-refractivity contribution in [1.82, 2.24) is 4.57 Å². The molecule has 0 saturated carbocycles. The van der Waals surface area contributed by atoms with Gasteiger partial charge in [-0.1, -0.05) is 218 Å². The molecule has 0 radical (unpaired) electrons. The zero-order valence-corrected chi connectivity index (χ0v) is 38.5. The van der Waals surface area contributed by atoms with Crippen LogP contribution in [0.2, 0.25) is 0 Å². The van der Waals surface area contributed by atoms with Crippen LogP contribution in [0.5, 0.6) is 0 Å². The Kier molecular flexibility index (Phi) is 9.06. The molecule has 12 aromatic rings. The van der Waals surface area contributed by atoms with Crippen LogP contribution in [0.1, 0.15) is 44.5 Å². The van der Waals surface area contributed by atoms with Gasteiger partial charge in [-0.25, -0.2) is 0 Å². The number of rotatable bonds is 8. The van der Waals surface area contributed by atoms with Crippen molar-refractivity contribution in [2.75, 3.05) is 4.90 Å². The zero-order chi connectivity index (χ0) is 46.2. The van der Waals surface area contributed by atoms with Crippen molar-refractivity contribution in [1.29, 1.82) is 0 Å². The quantitative estimate of drug-likeness (QED) is 0.148. The van der Waals surface area contributed by atoms with Gasteiger partial charge in [-0.15, -0.1) is 0 Å². The van der Waals surface area contributed by atoms with E-state index in [4.69, 9.17) is 0 Å². The molecular formula is C68H46N2. The first kappa shape index (κ1) is 40.1. The van der Waals surface area contributed by atoms with Crippen LogP contribution in [0.4, 0.5) is 17.1 Å². The van der Waals surface area contributed by atoms with Crippen LogP contribution in [0.15, 0.2) is 279 Å². The Morgan fingerprint density at radius 1 is 0.257 bits per heavy atom. The van der Waals surface area contributed by atoms with E-state index in [1.54, 1.807) is 0 Å². The van der Waals surface area contributed by atoms with Crippen molar-refractivity contribution >= 4 is 38.9 Å². The van der Waals surface area contributed by atoms with E-state index < -0.39 is 10.8 Å². The third kappa shape index (κ3) is 5.68. The SMILES string of the molecule is c1ccc(-n2c3ccccc3c3cc(N(c4ccc(C5(c6ccccc6)c6ccccc6-c6ccccc65)cc4)c4ccc5c(c4)C(c4ccccc4)(c4ccccc4)c4ccccc4-5)ccc32)cc1. The van der Waals surface area contributed by atoms with Crippen LogP contribution < -0.4 is 4.90 Å². The topological polar surface area (TPSA) is 8.17 Å². The van der Waals surface area contributed by atoms with Gasteiger partial charge >= 0.3 is 0 Å². The van der Waals surface area contributed by atoms with Gasteiger partial charge in [0.15, 0.2) is 0 Å². The maximum Gasteiger partial charge on any atom is 0.0714 e. The number of hydrogen-bond donors (Lipinski definition) is 0. The lowest BCUT2D eigenvalue weighted by Crippen LogP contribution is -2.29. The first-order valence-corrected chi connectivity index (χ1v) is 24.3. The monoisotopic (exact) mass is 890 g/mol. The second-order valence-electron chi connectivity index (χ2n) is 18.7. The molecule has 328 valence electrons. The van der Waals surface area contributed by atoms with Gasteiger partial charge < -0.3 is 9.47 Å². The Hall–Kier alpha value is -8.98. The van der Waals surface area contributed by atoms with E-state index in [1.165, 1.54) is 88.6 Å². The van der Waals surface area contributed by atoms with Crippen LogP contribution in [-0.4, -0.2) is 4.57 Å². The Morgan fingerprint density at radius 3 is 1.20 bits per heavy atom. The number of para-hydroxylation sites is 2. The molecule has 0 aliphatic heterocycles. The third-order valence-corrected chi connectivity index (χ3v) is 15.3. The maximum atomic E-state index is 2.48. The fourth-order valence-electron chi connectivity index (χ4n) is 12.5. The number of hydrogen-bond acceptors (Lipinski definition) is 1. The van der Waals surface area contributed by atoms with Crippen LogP contribution in [0.3, 0.4) is 0 Å². The van der Waals surface area contributed by atoms with Gasteiger partial charge in [0.05, 0.1) is 21.9 Å². The Balaban J connectivity index is 1.02. The fraction of sp³-hybridized carbons (Fsp3) is 0.0294. The summed E-state index contributed by atoms with van der Waals surface area (Å²) >= 11 is 0. The third-order valence-electron chi connectivity index (χ3n) is 15.3. The van der Waals surface area contributed by atoms with E-state index in [0.717, 1.165) is 22.7 Å². The van der Waals surface area contributed by atoms with E-state index in [-0.39, 0.29) is 0 Å². The number of nitrogens with zero attached hydrogens (tertiary/aromatic N) is 2. The van der Waals surface area contributed by atoms with Gasteiger partial charge in [0.25, 0.3) is 0 Å².